The lowest BCUT2D eigenvalue weighted by molar-refractivity contribution is 0.392. The van der Waals surface area contributed by atoms with Crippen LogP contribution >= 0.6 is 11.6 Å². The molecule has 0 bridgehead atoms. The van der Waals surface area contributed by atoms with Crippen LogP contribution in [0, 0.1) is 0 Å². The summed E-state index contributed by atoms with van der Waals surface area (Å²) in [7, 11) is -2.25. The number of benzene rings is 2. The molecule has 13 heteroatoms. The van der Waals surface area contributed by atoms with Crippen molar-refractivity contribution in [2.45, 2.75) is 18.2 Å². The van der Waals surface area contributed by atoms with Gasteiger partial charge in [0.2, 0.25) is 11.8 Å². The molecule has 188 valence electrons. The van der Waals surface area contributed by atoms with Crippen LogP contribution in [0.25, 0.3) is 11.1 Å². The van der Waals surface area contributed by atoms with Gasteiger partial charge in [0.15, 0.2) is 5.82 Å². The van der Waals surface area contributed by atoms with Gasteiger partial charge in [-0.1, -0.05) is 30.7 Å². The number of hydrogen-bond donors (Lipinski definition) is 4. The Balaban J connectivity index is 0.000000202. The molecule has 4 rings (SSSR count). The van der Waals surface area contributed by atoms with Gasteiger partial charge in [0.05, 0.1) is 17.7 Å². The van der Waals surface area contributed by atoms with Gasteiger partial charge >= 0.3 is 0 Å². The van der Waals surface area contributed by atoms with Gasteiger partial charge in [-0.25, -0.2) is 13.4 Å². The number of anilines is 4. The van der Waals surface area contributed by atoms with Crippen LogP contribution < -0.4 is 26.7 Å². The van der Waals surface area contributed by atoms with Crippen LogP contribution in [0.1, 0.15) is 12.6 Å². The molecule has 0 aliphatic carbocycles. The number of hydrogen-bond acceptors (Lipinski definition) is 10. The first-order valence-electron chi connectivity index (χ1n) is 10.6. The number of aromatic nitrogens is 4. The van der Waals surface area contributed by atoms with Gasteiger partial charge in [0.1, 0.15) is 5.82 Å². The summed E-state index contributed by atoms with van der Waals surface area (Å²) in [5.41, 5.74) is 20.1. The Morgan fingerprint density at radius 2 is 1.58 bits per heavy atom. The Kier molecular flexibility index (Phi) is 8.46. The quantitative estimate of drug-likeness (QED) is 0.270. The Labute approximate surface area is 213 Å². The highest BCUT2D eigenvalue weighted by Crippen LogP contribution is 2.29. The van der Waals surface area contributed by atoms with Crippen molar-refractivity contribution in [3.63, 3.8) is 0 Å². The van der Waals surface area contributed by atoms with Crippen LogP contribution in [0.4, 0.5) is 23.3 Å². The van der Waals surface area contributed by atoms with Crippen molar-refractivity contribution in [1.29, 1.82) is 0 Å². The number of halogens is 1. The second-order valence-electron chi connectivity index (χ2n) is 7.28. The number of methoxy groups -OCH3 is 1. The van der Waals surface area contributed by atoms with E-state index in [9.17, 15) is 8.42 Å². The predicted octanol–water partition coefficient (Wildman–Crippen LogP) is 3.39. The third-order valence-corrected chi connectivity index (χ3v) is 6.40. The molecule has 11 nitrogen and oxygen atoms in total. The first-order chi connectivity index (χ1) is 17.1. The SMILES string of the molecule is CCc1nc(N)nc(N)c1-c1ccc(Cl)cc1.COc1ccc(NS(=O)(=O)c2ccc(N)cc2)nn1. The van der Waals surface area contributed by atoms with Crippen molar-refractivity contribution >= 4 is 44.9 Å². The molecule has 2 heterocycles. The van der Waals surface area contributed by atoms with Gasteiger partial charge in [0, 0.05) is 22.3 Å². The van der Waals surface area contributed by atoms with Crippen molar-refractivity contribution in [3.8, 4) is 17.0 Å². The number of nitrogens with zero attached hydrogens (tertiary/aromatic N) is 4. The van der Waals surface area contributed by atoms with E-state index in [1.807, 2.05) is 31.2 Å². The van der Waals surface area contributed by atoms with E-state index in [2.05, 4.69) is 24.9 Å². The lowest BCUT2D eigenvalue weighted by Crippen LogP contribution is -2.14. The Morgan fingerprint density at radius 3 is 2.14 bits per heavy atom. The minimum Gasteiger partial charge on any atom is -0.480 e. The second-order valence-corrected chi connectivity index (χ2v) is 9.40. The molecule has 0 radical (unpaired) electrons. The van der Waals surface area contributed by atoms with E-state index in [1.54, 1.807) is 0 Å². The molecular weight excluding hydrogens is 504 g/mol. The van der Waals surface area contributed by atoms with Crippen LogP contribution in [-0.4, -0.2) is 35.7 Å². The average molecular weight is 529 g/mol. The highest BCUT2D eigenvalue weighted by atomic mass is 35.5. The van der Waals surface area contributed by atoms with E-state index in [4.69, 9.17) is 33.5 Å². The number of sulfonamides is 1. The molecular formula is C23H25ClN8O3S. The van der Waals surface area contributed by atoms with E-state index >= 15 is 0 Å². The van der Waals surface area contributed by atoms with E-state index in [-0.39, 0.29) is 16.7 Å². The molecule has 0 aliphatic heterocycles. The van der Waals surface area contributed by atoms with Gasteiger partial charge in [-0.3, -0.25) is 4.72 Å². The minimum atomic E-state index is -3.70. The maximum atomic E-state index is 12.0. The van der Waals surface area contributed by atoms with Gasteiger partial charge in [-0.05, 0) is 54.4 Å². The van der Waals surface area contributed by atoms with Crippen molar-refractivity contribution < 1.29 is 13.2 Å². The maximum Gasteiger partial charge on any atom is 0.263 e. The lowest BCUT2D eigenvalue weighted by atomic mass is 10.0. The summed E-state index contributed by atoms with van der Waals surface area (Å²) in [5.74, 6) is 1.02. The number of nitrogen functional groups attached to an aromatic ring is 3. The zero-order valence-electron chi connectivity index (χ0n) is 19.5. The van der Waals surface area contributed by atoms with E-state index < -0.39 is 10.0 Å². The number of rotatable bonds is 6. The largest absolute Gasteiger partial charge is 0.480 e. The molecule has 0 unspecified atom stereocenters. The number of aryl methyl sites for hydroxylation is 1. The van der Waals surface area contributed by atoms with Crippen molar-refractivity contribution in [2.75, 3.05) is 29.0 Å². The molecule has 0 saturated heterocycles. The van der Waals surface area contributed by atoms with Gasteiger partial charge in [-0.15, -0.1) is 10.2 Å². The molecule has 0 amide bonds. The summed E-state index contributed by atoms with van der Waals surface area (Å²) in [6, 6.07) is 16.2. The van der Waals surface area contributed by atoms with Gasteiger partial charge < -0.3 is 21.9 Å². The van der Waals surface area contributed by atoms with E-state index in [0.717, 1.165) is 23.2 Å². The topological polar surface area (TPSA) is 185 Å². The fourth-order valence-electron chi connectivity index (χ4n) is 3.06. The number of ether oxygens (including phenoxy) is 1. The zero-order valence-corrected chi connectivity index (χ0v) is 21.1. The molecule has 0 aliphatic rings. The number of nitrogens with two attached hydrogens (primary N) is 3. The smallest absolute Gasteiger partial charge is 0.263 e. The van der Waals surface area contributed by atoms with E-state index in [0.29, 0.717) is 22.4 Å². The fraction of sp³-hybridized carbons (Fsp3) is 0.130. The maximum absolute atomic E-state index is 12.0. The molecule has 4 aromatic rings. The highest BCUT2D eigenvalue weighted by Gasteiger charge is 2.15. The standard InChI is InChI=1S/C12H13ClN4.C11H12N4O3S/c1-2-9-10(11(14)17-12(15)16-9)7-3-5-8(13)6-4-7;1-18-11-7-6-10(13-14-11)15-19(16,17)9-4-2-8(12)3-5-9/h3-6H,2H2,1H3,(H4,14,15,16,17);2-7H,12H2,1H3,(H,13,15). The predicted molar refractivity (Wildman–Crippen MR) is 141 cm³/mol. The first-order valence-corrected chi connectivity index (χ1v) is 12.4. The van der Waals surface area contributed by atoms with Crippen molar-refractivity contribution in [3.05, 3.63) is 71.4 Å². The summed E-state index contributed by atoms with van der Waals surface area (Å²) in [4.78, 5) is 8.29. The molecule has 36 heavy (non-hydrogen) atoms. The average Bonchev–Trinajstić information content (AvgIpc) is 2.85. The molecule has 7 N–H and O–H groups in total. The van der Waals surface area contributed by atoms with Gasteiger partial charge in [0.25, 0.3) is 10.0 Å². The molecule has 0 atom stereocenters. The van der Waals surface area contributed by atoms with Crippen LogP contribution in [-0.2, 0) is 16.4 Å². The summed E-state index contributed by atoms with van der Waals surface area (Å²) in [6.07, 6.45) is 0.745. The van der Waals surface area contributed by atoms with Crippen LogP contribution in [0.3, 0.4) is 0 Å². The van der Waals surface area contributed by atoms with E-state index in [1.165, 1.54) is 43.5 Å². The third kappa shape index (κ3) is 6.71. The molecule has 0 fully saturated rings. The Bertz CT molecular complexity index is 1420. The molecule has 2 aromatic carbocycles. The van der Waals surface area contributed by atoms with Crippen molar-refractivity contribution in [1.82, 2.24) is 20.2 Å². The normalized spacial score (nSPS) is 10.8. The molecule has 0 saturated carbocycles. The summed E-state index contributed by atoms with van der Waals surface area (Å²) in [5, 5.41) is 8.04. The first kappa shape index (κ1) is 26.4. The third-order valence-electron chi connectivity index (χ3n) is 4.78. The number of nitrogens with one attached hydrogen (secondary N) is 1. The molecule has 2 aromatic heterocycles. The Hall–Kier alpha value is -4.16. The highest BCUT2D eigenvalue weighted by molar-refractivity contribution is 7.92. The second kappa shape index (κ2) is 11.5. The Morgan fingerprint density at radius 1 is 0.917 bits per heavy atom. The summed E-state index contributed by atoms with van der Waals surface area (Å²) < 4.78 is 31.2. The van der Waals surface area contributed by atoms with Crippen LogP contribution in [0.2, 0.25) is 5.02 Å². The lowest BCUT2D eigenvalue weighted by Gasteiger charge is -2.10. The minimum absolute atomic E-state index is 0.0966. The monoisotopic (exact) mass is 528 g/mol. The van der Waals surface area contributed by atoms with Gasteiger partial charge in [-0.2, -0.15) is 4.98 Å². The fourth-order valence-corrected chi connectivity index (χ4v) is 4.18. The summed E-state index contributed by atoms with van der Waals surface area (Å²) in [6.45, 7) is 2.00. The summed E-state index contributed by atoms with van der Waals surface area (Å²) >= 11 is 5.86. The van der Waals surface area contributed by atoms with Crippen molar-refractivity contribution in [2.24, 2.45) is 0 Å². The zero-order chi connectivity index (χ0) is 26.3. The van der Waals surface area contributed by atoms with Crippen LogP contribution in [0.15, 0.2) is 65.6 Å². The molecule has 0 spiro atoms. The van der Waals surface area contributed by atoms with Crippen LogP contribution in [0.5, 0.6) is 5.88 Å².